The Balaban J connectivity index is 1.74. The lowest BCUT2D eigenvalue weighted by atomic mass is 10.2. The van der Waals surface area contributed by atoms with E-state index < -0.39 is 0 Å². The van der Waals surface area contributed by atoms with Crippen molar-refractivity contribution in [3.63, 3.8) is 0 Å². The highest BCUT2D eigenvalue weighted by molar-refractivity contribution is 9.11. The predicted molar refractivity (Wildman–Crippen MR) is 73.0 cm³/mol. The van der Waals surface area contributed by atoms with E-state index in [1.807, 2.05) is 17.5 Å². The molecule has 5 heteroatoms. The molecule has 1 N–H and O–H groups in total. The monoisotopic (exact) mass is 315 g/mol. The maximum atomic E-state index is 11.5. The van der Waals surface area contributed by atoms with Crippen LogP contribution in [0.2, 0.25) is 0 Å². The van der Waals surface area contributed by atoms with Gasteiger partial charge in [0.2, 0.25) is 5.91 Å². The van der Waals surface area contributed by atoms with Crippen LogP contribution in [-0.4, -0.2) is 25.2 Å². The Hall–Kier alpha value is -0.650. The summed E-state index contributed by atoms with van der Waals surface area (Å²) in [5.74, 6) is -0.0668. The highest BCUT2D eigenvalue weighted by Gasteiger charge is 2.15. The Morgan fingerprint density at radius 3 is 3.24 bits per heavy atom. The molecular formula is C12H14BrNO2S. The SMILES string of the molecule is O=C(/C=C/c1csc(Br)c1)NC[C@H]1CCCO1. The Morgan fingerprint density at radius 1 is 1.71 bits per heavy atom. The van der Waals surface area contributed by atoms with Crippen molar-refractivity contribution in [2.24, 2.45) is 0 Å². The first-order valence-electron chi connectivity index (χ1n) is 5.55. The third-order valence-corrected chi connectivity index (χ3v) is 4.07. The lowest BCUT2D eigenvalue weighted by Crippen LogP contribution is -2.30. The van der Waals surface area contributed by atoms with Gasteiger partial charge in [-0.25, -0.2) is 0 Å². The Morgan fingerprint density at radius 2 is 2.59 bits per heavy atom. The molecule has 92 valence electrons. The zero-order chi connectivity index (χ0) is 12.1. The molecule has 1 saturated heterocycles. The van der Waals surface area contributed by atoms with Gasteiger partial charge >= 0.3 is 0 Å². The van der Waals surface area contributed by atoms with Crippen molar-refractivity contribution < 1.29 is 9.53 Å². The summed E-state index contributed by atoms with van der Waals surface area (Å²) in [6.07, 6.45) is 5.71. The van der Waals surface area contributed by atoms with E-state index in [0.717, 1.165) is 28.8 Å². The number of rotatable bonds is 4. The van der Waals surface area contributed by atoms with Crippen molar-refractivity contribution in [3.8, 4) is 0 Å². The van der Waals surface area contributed by atoms with Crippen molar-refractivity contribution >= 4 is 39.2 Å². The highest BCUT2D eigenvalue weighted by Crippen LogP contribution is 2.21. The largest absolute Gasteiger partial charge is 0.376 e. The molecule has 0 unspecified atom stereocenters. The van der Waals surface area contributed by atoms with Gasteiger partial charge in [0, 0.05) is 19.2 Å². The molecule has 0 aromatic carbocycles. The van der Waals surface area contributed by atoms with E-state index in [0.29, 0.717) is 6.54 Å². The highest BCUT2D eigenvalue weighted by atomic mass is 79.9. The minimum atomic E-state index is -0.0668. The summed E-state index contributed by atoms with van der Waals surface area (Å²) >= 11 is 4.99. The van der Waals surface area contributed by atoms with Gasteiger partial charge in [-0.2, -0.15) is 0 Å². The van der Waals surface area contributed by atoms with E-state index >= 15 is 0 Å². The molecular weight excluding hydrogens is 302 g/mol. The molecule has 0 radical (unpaired) electrons. The molecule has 17 heavy (non-hydrogen) atoms. The molecule has 1 aliphatic heterocycles. The van der Waals surface area contributed by atoms with Crippen LogP contribution >= 0.6 is 27.3 Å². The predicted octanol–water partition coefficient (Wildman–Crippen LogP) is 2.82. The molecule has 1 amide bonds. The second kappa shape index (κ2) is 6.33. The van der Waals surface area contributed by atoms with Crippen LogP contribution in [0.25, 0.3) is 6.08 Å². The van der Waals surface area contributed by atoms with Gasteiger partial charge in [-0.3, -0.25) is 4.79 Å². The number of carbonyl (C=O) groups is 1. The first-order valence-corrected chi connectivity index (χ1v) is 7.23. The summed E-state index contributed by atoms with van der Waals surface area (Å²) in [6.45, 7) is 1.43. The average molecular weight is 316 g/mol. The lowest BCUT2D eigenvalue weighted by molar-refractivity contribution is -0.116. The minimum Gasteiger partial charge on any atom is -0.376 e. The zero-order valence-electron chi connectivity index (χ0n) is 9.32. The van der Waals surface area contributed by atoms with Crippen molar-refractivity contribution in [2.75, 3.05) is 13.2 Å². The van der Waals surface area contributed by atoms with Crippen LogP contribution < -0.4 is 5.32 Å². The number of halogens is 1. The van der Waals surface area contributed by atoms with Crippen LogP contribution in [-0.2, 0) is 9.53 Å². The maximum Gasteiger partial charge on any atom is 0.244 e. The summed E-state index contributed by atoms with van der Waals surface area (Å²) in [4.78, 5) is 11.5. The van der Waals surface area contributed by atoms with Gasteiger partial charge in [0.05, 0.1) is 9.89 Å². The fourth-order valence-electron chi connectivity index (χ4n) is 1.66. The van der Waals surface area contributed by atoms with E-state index in [1.54, 1.807) is 17.4 Å². The van der Waals surface area contributed by atoms with E-state index in [-0.39, 0.29) is 12.0 Å². The molecule has 1 aliphatic rings. The molecule has 1 aromatic heterocycles. The fourth-order valence-corrected chi connectivity index (χ4v) is 2.81. The number of thiophene rings is 1. The van der Waals surface area contributed by atoms with E-state index in [9.17, 15) is 4.79 Å². The quantitative estimate of drug-likeness (QED) is 0.868. The number of ether oxygens (including phenoxy) is 1. The van der Waals surface area contributed by atoms with Crippen LogP contribution in [0.5, 0.6) is 0 Å². The molecule has 1 fully saturated rings. The summed E-state index contributed by atoms with van der Waals surface area (Å²) < 4.78 is 6.49. The fraction of sp³-hybridized carbons (Fsp3) is 0.417. The Bertz CT molecular complexity index is 410. The van der Waals surface area contributed by atoms with Crippen molar-refractivity contribution in [1.82, 2.24) is 5.32 Å². The molecule has 0 spiro atoms. The molecule has 0 saturated carbocycles. The van der Waals surface area contributed by atoms with Gasteiger partial charge in [-0.1, -0.05) is 0 Å². The van der Waals surface area contributed by atoms with Crippen LogP contribution in [0.4, 0.5) is 0 Å². The summed E-state index contributed by atoms with van der Waals surface area (Å²) in [5, 5.41) is 4.84. The molecule has 1 atom stereocenters. The summed E-state index contributed by atoms with van der Waals surface area (Å²) in [7, 11) is 0. The van der Waals surface area contributed by atoms with Gasteiger partial charge in [0.1, 0.15) is 0 Å². The van der Waals surface area contributed by atoms with Crippen molar-refractivity contribution in [3.05, 3.63) is 26.9 Å². The lowest BCUT2D eigenvalue weighted by Gasteiger charge is -2.08. The summed E-state index contributed by atoms with van der Waals surface area (Å²) in [5.41, 5.74) is 1.04. The molecule has 2 rings (SSSR count). The Labute approximate surface area is 113 Å². The van der Waals surface area contributed by atoms with Crippen LogP contribution in [0.3, 0.4) is 0 Å². The van der Waals surface area contributed by atoms with Gasteiger partial charge < -0.3 is 10.1 Å². The third kappa shape index (κ3) is 4.26. The van der Waals surface area contributed by atoms with Gasteiger partial charge in [-0.15, -0.1) is 11.3 Å². The number of hydrogen-bond acceptors (Lipinski definition) is 3. The molecule has 0 bridgehead atoms. The van der Waals surface area contributed by atoms with Crippen molar-refractivity contribution in [2.45, 2.75) is 18.9 Å². The van der Waals surface area contributed by atoms with Gasteiger partial charge in [-0.05, 0) is 51.9 Å². The first kappa shape index (κ1) is 12.8. The molecule has 0 aliphatic carbocycles. The topological polar surface area (TPSA) is 38.3 Å². The van der Waals surface area contributed by atoms with Gasteiger partial charge in [0.25, 0.3) is 0 Å². The average Bonchev–Trinajstić information content (AvgIpc) is 2.95. The maximum absolute atomic E-state index is 11.5. The zero-order valence-corrected chi connectivity index (χ0v) is 11.7. The Kier molecular flexibility index (Phi) is 4.76. The number of hydrogen-bond donors (Lipinski definition) is 1. The minimum absolute atomic E-state index is 0.0668. The number of carbonyl (C=O) groups excluding carboxylic acids is 1. The molecule has 1 aromatic rings. The van der Waals surface area contributed by atoms with Gasteiger partial charge in [0.15, 0.2) is 0 Å². The number of nitrogens with one attached hydrogen (secondary N) is 1. The molecule has 2 heterocycles. The molecule has 3 nitrogen and oxygen atoms in total. The second-order valence-electron chi connectivity index (χ2n) is 3.90. The van der Waals surface area contributed by atoms with Crippen LogP contribution in [0.1, 0.15) is 18.4 Å². The van der Waals surface area contributed by atoms with Crippen molar-refractivity contribution in [1.29, 1.82) is 0 Å². The standard InChI is InChI=1S/C12H14BrNO2S/c13-11-6-9(8-17-11)3-4-12(15)14-7-10-2-1-5-16-10/h3-4,6,8,10H,1-2,5,7H2,(H,14,15)/b4-3+/t10-/m1/s1. The third-order valence-electron chi connectivity index (χ3n) is 2.54. The summed E-state index contributed by atoms with van der Waals surface area (Å²) in [6, 6.07) is 1.98. The van der Waals surface area contributed by atoms with E-state index in [1.165, 1.54) is 0 Å². The van der Waals surface area contributed by atoms with E-state index in [4.69, 9.17) is 4.74 Å². The van der Waals surface area contributed by atoms with E-state index in [2.05, 4.69) is 21.2 Å². The number of amides is 1. The smallest absolute Gasteiger partial charge is 0.244 e. The second-order valence-corrected chi connectivity index (χ2v) is 6.19. The van der Waals surface area contributed by atoms with Crippen LogP contribution in [0.15, 0.2) is 21.3 Å². The first-order chi connectivity index (χ1) is 8.24. The van der Waals surface area contributed by atoms with Crippen LogP contribution in [0, 0.1) is 0 Å². The normalized spacial score (nSPS) is 19.9.